The van der Waals surface area contributed by atoms with Gasteiger partial charge in [0.15, 0.2) is 0 Å². The fraction of sp³-hybridized carbons (Fsp3) is 0.143. The zero-order valence-electron chi connectivity index (χ0n) is 14.7. The van der Waals surface area contributed by atoms with Gasteiger partial charge in [-0.1, -0.05) is 42.0 Å². The lowest BCUT2D eigenvalue weighted by Crippen LogP contribution is -2.19. The Kier molecular flexibility index (Phi) is 5.17. The summed E-state index contributed by atoms with van der Waals surface area (Å²) in [4.78, 5) is 24.7. The van der Waals surface area contributed by atoms with Gasteiger partial charge in [0.05, 0.1) is 18.4 Å². The van der Waals surface area contributed by atoms with Crippen LogP contribution in [0.15, 0.2) is 66.9 Å². The third-order valence-corrected chi connectivity index (χ3v) is 4.09. The molecule has 0 fully saturated rings. The Labute approximate surface area is 152 Å². The summed E-state index contributed by atoms with van der Waals surface area (Å²) in [7, 11) is 1.32. The second kappa shape index (κ2) is 7.70. The zero-order valence-corrected chi connectivity index (χ0v) is 14.7. The average molecular weight is 348 g/mol. The number of ether oxygens (including phenoxy) is 1. The van der Waals surface area contributed by atoms with Crippen LogP contribution in [0.2, 0.25) is 0 Å². The summed E-state index contributed by atoms with van der Waals surface area (Å²) in [5.41, 5.74) is 3.30. The molecule has 3 aromatic rings. The van der Waals surface area contributed by atoms with Crippen LogP contribution in [0.25, 0.3) is 0 Å². The monoisotopic (exact) mass is 348 g/mol. The van der Waals surface area contributed by atoms with Gasteiger partial charge in [0.25, 0.3) is 5.91 Å². The van der Waals surface area contributed by atoms with Gasteiger partial charge in [-0.15, -0.1) is 0 Å². The maximum absolute atomic E-state index is 12.8. The summed E-state index contributed by atoms with van der Waals surface area (Å²) in [6.07, 6.45) is 1.86. The molecule has 132 valence electrons. The Morgan fingerprint density at radius 1 is 1.04 bits per heavy atom. The van der Waals surface area contributed by atoms with Crippen molar-refractivity contribution in [3.63, 3.8) is 0 Å². The van der Waals surface area contributed by atoms with Gasteiger partial charge in [0.1, 0.15) is 5.69 Å². The molecule has 5 nitrogen and oxygen atoms in total. The zero-order chi connectivity index (χ0) is 18.5. The largest absolute Gasteiger partial charge is 0.465 e. The number of nitrogens with one attached hydrogen (secondary N) is 1. The number of anilines is 1. The molecule has 0 unspecified atom stereocenters. The van der Waals surface area contributed by atoms with Crippen molar-refractivity contribution < 1.29 is 14.3 Å². The van der Waals surface area contributed by atoms with Crippen LogP contribution in [-0.4, -0.2) is 23.6 Å². The molecule has 1 amide bonds. The topological polar surface area (TPSA) is 60.3 Å². The van der Waals surface area contributed by atoms with Crippen molar-refractivity contribution in [1.29, 1.82) is 0 Å². The predicted molar refractivity (Wildman–Crippen MR) is 100 cm³/mol. The molecule has 0 saturated heterocycles. The van der Waals surface area contributed by atoms with Crippen LogP contribution in [0, 0.1) is 6.92 Å². The minimum Gasteiger partial charge on any atom is -0.465 e. The van der Waals surface area contributed by atoms with Crippen LogP contribution in [0.4, 0.5) is 5.69 Å². The van der Waals surface area contributed by atoms with Crippen LogP contribution >= 0.6 is 0 Å². The summed E-state index contributed by atoms with van der Waals surface area (Å²) in [6, 6.07) is 18.7. The lowest BCUT2D eigenvalue weighted by Gasteiger charge is -2.13. The number of aromatic nitrogens is 1. The number of carbonyl (C=O) groups excluding carboxylic acids is 2. The molecule has 3 rings (SSSR count). The molecular formula is C21H20N2O3. The van der Waals surface area contributed by atoms with E-state index in [1.54, 1.807) is 18.2 Å². The maximum atomic E-state index is 12.8. The van der Waals surface area contributed by atoms with E-state index in [1.165, 1.54) is 7.11 Å². The van der Waals surface area contributed by atoms with Crippen molar-refractivity contribution in [3.05, 3.63) is 89.2 Å². The van der Waals surface area contributed by atoms with E-state index in [1.807, 2.05) is 60.2 Å². The van der Waals surface area contributed by atoms with Crippen molar-refractivity contribution >= 4 is 17.6 Å². The molecule has 0 radical (unpaired) electrons. The minimum atomic E-state index is -0.483. The molecule has 0 spiro atoms. The van der Waals surface area contributed by atoms with Crippen LogP contribution < -0.4 is 5.32 Å². The Morgan fingerprint density at radius 3 is 2.54 bits per heavy atom. The van der Waals surface area contributed by atoms with Crippen molar-refractivity contribution in [2.75, 3.05) is 12.4 Å². The Morgan fingerprint density at radius 2 is 1.81 bits per heavy atom. The van der Waals surface area contributed by atoms with E-state index in [4.69, 9.17) is 4.74 Å². The molecule has 0 aliphatic heterocycles. The lowest BCUT2D eigenvalue weighted by molar-refractivity contribution is 0.0602. The average Bonchev–Trinajstić information content (AvgIpc) is 3.11. The Bertz CT molecular complexity index is 929. The van der Waals surface area contributed by atoms with Gasteiger partial charge >= 0.3 is 5.97 Å². The van der Waals surface area contributed by atoms with E-state index < -0.39 is 5.97 Å². The SMILES string of the molecule is COC(=O)c1cc(C)ccc1NC(=O)c1cccn1Cc1ccccc1. The van der Waals surface area contributed by atoms with E-state index in [9.17, 15) is 9.59 Å². The van der Waals surface area contributed by atoms with E-state index in [2.05, 4.69) is 5.32 Å². The molecule has 1 N–H and O–H groups in total. The summed E-state index contributed by atoms with van der Waals surface area (Å²) >= 11 is 0. The number of aryl methyl sites for hydroxylation is 1. The maximum Gasteiger partial charge on any atom is 0.339 e. The summed E-state index contributed by atoms with van der Waals surface area (Å²) in [5.74, 6) is -0.761. The number of carbonyl (C=O) groups is 2. The molecule has 0 bridgehead atoms. The van der Waals surface area contributed by atoms with Gasteiger partial charge < -0.3 is 14.6 Å². The highest BCUT2D eigenvalue weighted by Crippen LogP contribution is 2.20. The van der Waals surface area contributed by atoms with Crippen LogP contribution in [0.5, 0.6) is 0 Å². The lowest BCUT2D eigenvalue weighted by atomic mass is 10.1. The quantitative estimate of drug-likeness (QED) is 0.712. The second-order valence-electron chi connectivity index (χ2n) is 6.00. The third kappa shape index (κ3) is 3.83. The standard InChI is InChI=1S/C21H20N2O3/c1-15-10-11-18(17(13-15)21(25)26-2)22-20(24)19-9-6-12-23(19)14-16-7-4-3-5-8-16/h3-13H,14H2,1-2H3,(H,22,24). The number of amides is 1. The highest BCUT2D eigenvalue weighted by atomic mass is 16.5. The first-order chi connectivity index (χ1) is 12.6. The van der Waals surface area contributed by atoms with Gasteiger partial charge in [-0.05, 0) is 36.8 Å². The highest BCUT2D eigenvalue weighted by molar-refractivity contribution is 6.07. The fourth-order valence-electron chi connectivity index (χ4n) is 2.77. The van der Waals surface area contributed by atoms with Gasteiger partial charge in [-0.3, -0.25) is 4.79 Å². The highest BCUT2D eigenvalue weighted by Gasteiger charge is 2.17. The molecule has 5 heteroatoms. The second-order valence-corrected chi connectivity index (χ2v) is 6.00. The fourth-order valence-corrected chi connectivity index (χ4v) is 2.77. The molecule has 0 aliphatic carbocycles. The van der Waals surface area contributed by atoms with E-state index in [0.29, 0.717) is 23.5 Å². The normalized spacial score (nSPS) is 10.4. The molecular weight excluding hydrogens is 328 g/mol. The van der Waals surface area contributed by atoms with Gasteiger partial charge in [-0.2, -0.15) is 0 Å². The smallest absolute Gasteiger partial charge is 0.339 e. The van der Waals surface area contributed by atoms with Gasteiger partial charge in [-0.25, -0.2) is 4.79 Å². The van der Waals surface area contributed by atoms with Gasteiger partial charge in [0.2, 0.25) is 0 Å². The molecule has 0 aliphatic rings. The van der Waals surface area contributed by atoms with Crippen molar-refractivity contribution in [2.45, 2.75) is 13.5 Å². The third-order valence-electron chi connectivity index (χ3n) is 4.09. The number of rotatable bonds is 5. The molecule has 1 heterocycles. The van der Waals surface area contributed by atoms with Crippen molar-refractivity contribution in [1.82, 2.24) is 4.57 Å². The Balaban J connectivity index is 1.84. The molecule has 0 saturated carbocycles. The summed E-state index contributed by atoms with van der Waals surface area (Å²) in [5, 5.41) is 2.82. The van der Waals surface area contributed by atoms with E-state index in [0.717, 1.165) is 11.1 Å². The number of methoxy groups -OCH3 is 1. The first-order valence-electron chi connectivity index (χ1n) is 8.28. The van der Waals surface area contributed by atoms with E-state index >= 15 is 0 Å². The molecule has 26 heavy (non-hydrogen) atoms. The first-order valence-corrected chi connectivity index (χ1v) is 8.28. The number of nitrogens with zero attached hydrogens (tertiary/aromatic N) is 1. The number of esters is 1. The van der Waals surface area contributed by atoms with Crippen LogP contribution in [0.1, 0.15) is 32.0 Å². The summed E-state index contributed by atoms with van der Waals surface area (Å²) < 4.78 is 6.68. The number of hydrogen-bond donors (Lipinski definition) is 1. The molecule has 0 atom stereocenters. The number of benzene rings is 2. The summed E-state index contributed by atoms with van der Waals surface area (Å²) in [6.45, 7) is 2.47. The number of hydrogen-bond acceptors (Lipinski definition) is 3. The van der Waals surface area contributed by atoms with Crippen molar-refractivity contribution in [3.8, 4) is 0 Å². The van der Waals surface area contributed by atoms with Crippen LogP contribution in [0.3, 0.4) is 0 Å². The van der Waals surface area contributed by atoms with Crippen LogP contribution in [-0.2, 0) is 11.3 Å². The van der Waals surface area contributed by atoms with Crippen molar-refractivity contribution in [2.24, 2.45) is 0 Å². The Hall–Kier alpha value is -3.34. The van der Waals surface area contributed by atoms with E-state index in [-0.39, 0.29) is 5.91 Å². The molecule has 2 aromatic carbocycles. The minimum absolute atomic E-state index is 0.278. The van der Waals surface area contributed by atoms with Gasteiger partial charge in [0, 0.05) is 12.7 Å². The molecule has 1 aromatic heterocycles. The predicted octanol–water partition coefficient (Wildman–Crippen LogP) is 3.88. The first kappa shape index (κ1) is 17.5.